The summed E-state index contributed by atoms with van der Waals surface area (Å²) >= 11 is 0. The molecule has 0 radical (unpaired) electrons. The third-order valence-corrected chi connectivity index (χ3v) is 3.07. The van der Waals surface area contributed by atoms with Gasteiger partial charge in [-0.05, 0) is 11.5 Å². The second kappa shape index (κ2) is 7.65. The fraction of sp³-hybridized carbons (Fsp3) is 0.467. The van der Waals surface area contributed by atoms with Gasteiger partial charge in [0.1, 0.15) is 6.04 Å². The molecule has 0 fully saturated rings. The maximum atomic E-state index is 12.0. The Bertz CT molecular complexity index is 446. The van der Waals surface area contributed by atoms with Gasteiger partial charge in [-0.2, -0.15) is 0 Å². The van der Waals surface area contributed by atoms with Crippen molar-refractivity contribution in [3.63, 3.8) is 0 Å². The molecule has 0 saturated carbocycles. The van der Waals surface area contributed by atoms with Gasteiger partial charge < -0.3 is 15.8 Å². The monoisotopic (exact) mass is 278 g/mol. The predicted octanol–water partition coefficient (Wildman–Crippen LogP) is 1.39. The quantitative estimate of drug-likeness (QED) is 0.770. The van der Waals surface area contributed by atoms with Crippen LogP contribution in [0.2, 0.25) is 0 Å². The third-order valence-electron chi connectivity index (χ3n) is 3.07. The Balaban J connectivity index is 2.60. The van der Waals surface area contributed by atoms with Crippen LogP contribution in [0.3, 0.4) is 0 Å². The van der Waals surface area contributed by atoms with E-state index < -0.39 is 12.0 Å². The minimum absolute atomic E-state index is 0.0423. The maximum Gasteiger partial charge on any atom is 0.328 e. The number of hydrogen-bond acceptors (Lipinski definition) is 4. The Kier molecular flexibility index (Phi) is 6.18. The van der Waals surface area contributed by atoms with Gasteiger partial charge in [0.15, 0.2) is 0 Å². The van der Waals surface area contributed by atoms with Crippen molar-refractivity contribution in [1.29, 1.82) is 0 Å². The standard InChI is InChI=1S/C15H22N2O3/c1-10(2)14(15(19)20-3)17-13(18)9-12(16)11-7-5-4-6-8-11/h4-8,10,12,14H,9,16H2,1-3H3,(H,17,18)/t12?,14-/m0/s1. The lowest BCUT2D eigenvalue weighted by atomic mass is 10.0. The second-order valence-electron chi connectivity index (χ2n) is 5.03. The zero-order chi connectivity index (χ0) is 15.1. The van der Waals surface area contributed by atoms with Crippen LogP contribution in [-0.2, 0) is 14.3 Å². The van der Waals surface area contributed by atoms with Gasteiger partial charge in [0.25, 0.3) is 0 Å². The Morgan fingerprint density at radius 2 is 1.85 bits per heavy atom. The summed E-state index contributed by atoms with van der Waals surface area (Å²) in [6.45, 7) is 3.69. The molecule has 1 unspecified atom stereocenters. The van der Waals surface area contributed by atoms with Gasteiger partial charge >= 0.3 is 5.97 Å². The number of ether oxygens (including phenoxy) is 1. The second-order valence-corrected chi connectivity index (χ2v) is 5.03. The van der Waals surface area contributed by atoms with E-state index in [-0.39, 0.29) is 24.3 Å². The van der Waals surface area contributed by atoms with Crippen molar-refractivity contribution >= 4 is 11.9 Å². The van der Waals surface area contributed by atoms with Crippen molar-refractivity contribution in [3.8, 4) is 0 Å². The molecule has 3 N–H and O–H groups in total. The fourth-order valence-electron chi connectivity index (χ4n) is 1.87. The first kappa shape index (κ1) is 16.2. The largest absolute Gasteiger partial charge is 0.467 e. The van der Waals surface area contributed by atoms with Crippen molar-refractivity contribution in [2.45, 2.75) is 32.4 Å². The topological polar surface area (TPSA) is 81.4 Å². The van der Waals surface area contributed by atoms with Crippen LogP contribution in [0.15, 0.2) is 30.3 Å². The molecule has 2 atom stereocenters. The lowest BCUT2D eigenvalue weighted by Crippen LogP contribution is -2.45. The number of carbonyl (C=O) groups is 2. The summed E-state index contributed by atoms with van der Waals surface area (Å²) in [4.78, 5) is 23.5. The van der Waals surface area contributed by atoms with Crippen molar-refractivity contribution in [3.05, 3.63) is 35.9 Å². The number of nitrogens with one attached hydrogen (secondary N) is 1. The van der Waals surface area contributed by atoms with Crippen LogP contribution in [0.1, 0.15) is 31.9 Å². The van der Waals surface area contributed by atoms with Crippen LogP contribution in [0.4, 0.5) is 0 Å². The van der Waals surface area contributed by atoms with Crippen LogP contribution in [0.25, 0.3) is 0 Å². The van der Waals surface area contributed by atoms with E-state index in [0.717, 1.165) is 5.56 Å². The van der Waals surface area contributed by atoms with Gasteiger partial charge in [-0.1, -0.05) is 44.2 Å². The highest BCUT2D eigenvalue weighted by Gasteiger charge is 2.25. The highest BCUT2D eigenvalue weighted by atomic mass is 16.5. The molecule has 1 aromatic rings. The van der Waals surface area contributed by atoms with E-state index >= 15 is 0 Å². The number of methoxy groups -OCH3 is 1. The summed E-state index contributed by atoms with van der Waals surface area (Å²) in [6, 6.07) is 8.35. The summed E-state index contributed by atoms with van der Waals surface area (Å²) < 4.78 is 4.68. The molecular weight excluding hydrogens is 256 g/mol. The number of esters is 1. The zero-order valence-corrected chi connectivity index (χ0v) is 12.1. The normalized spacial score (nSPS) is 13.7. The van der Waals surface area contributed by atoms with Crippen LogP contribution in [-0.4, -0.2) is 25.0 Å². The van der Waals surface area contributed by atoms with Gasteiger partial charge in [0, 0.05) is 12.5 Å². The predicted molar refractivity (Wildman–Crippen MR) is 76.8 cm³/mol. The maximum absolute atomic E-state index is 12.0. The van der Waals surface area contributed by atoms with E-state index in [2.05, 4.69) is 10.1 Å². The third kappa shape index (κ3) is 4.66. The highest BCUT2D eigenvalue weighted by molar-refractivity contribution is 5.84. The zero-order valence-electron chi connectivity index (χ0n) is 12.1. The number of benzene rings is 1. The van der Waals surface area contributed by atoms with Gasteiger partial charge in [0.2, 0.25) is 5.91 Å². The summed E-state index contributed by atoms with van der Waals surface area (Å²) in [5.41, 5.74) is 6.87. The van der Waals surface area contributed by atoms with E-state index in [4.69, 9.17) is 5.73 Å². The number of carbonyl (C=O) groups excluding carboxylic acids is 2. The molecule has 0 bridgehead atoms. The van der Waals surface area contributed by atoms with E-state index in [1.165, 1.54) is 7.11 Å². The Hall–Kier alpha value is -1.88. The molecule has 1 aromatic carbocycles. The smallest absolute Gasteiger partial charge is 0.328 e. The Labute approximate surface area is 119 Å². The van der Waals surface area contributed by atoms with Crippen LogP contribution < -0.4 is 11.1 Å². The summed E-state index contributed by atoms with van der Waals surface area (Å²) in [5, 5.41) is 2.67. The molecule has 5 heteroatoms. The van der Waals surface area contributed by atoms with Gasteiger partial charge in [-0.25, -0.2) is 4.79 Å². The van der Waals surface area contributed by atoms with Crippen LogP contribution in [0, 0.1) is 5.92 Å². The van der Waals surface area contributed by atoms with E-state index in [1.54, 1.807) is 0 Å². The Morgan fingerprint density at radius 3 is 2.35 bits per heavy atom. The van der Waals surface area contributed by atoms with E-state index in [1.807, 2.05) is 44.2 Å². The van der Waals surface area contributed by atoms with Crippen molar-refractivity contribution in [2.24, 2.45) is 11.7 Å². The number of rotatable bonds is 6. The molecule has 0 aromatic heterocycles. The summed E-state index contributed by atoms with van der Waals surface area (Å²) in [6.07, 6.45) is 0.129. The molecular formula is C15H22N2O3. The first-order valence-corrected chi connectivity index (χ1v) is 6.63. The Morgan fingerprint density at radius 1 is 1.25 bits per heavy atom. The summed E-state index contributed by atoms with van der Waals surface area (Å²) in [5.74, 6) is -0.744. The molecule has 1 rings (SSSR count). The van der Waals surface area contributed by atoms with Crippen LogP contribution in [0.5, 0.6) is 0 Å². The minimum atomic E-state index is -0.643. The molecule has 0 aliphatic rings. The molecule has 0 saturated heterocycles. The summed E-state index contributed by atoms with van der Waals surface area (Å²) in [7, 11) is 1.31. The number of hydrogen-bond donors (Lipinski definition) is 2. The molecule has 110 valence electrons. The average molecular weight is 278 g/mol. The molecule has 0 heterocycles. The van der Waals surface area contributed by atoms with E-state index in [0.29, 0.717) is 0 Å². The van der Waals surface area contributed by atoms with Crippen molar-refractivity contribution < 1.29 is 14.3 Å². The number of amides is 1. The van der Waals surface area contributed by atoms with Gasteiger partial charge in [0.05, 0.1) is 7.11 Å². The molecule has 0 spiro atoms. The fourth-order valence-corrected chi connectivity index (χ4v) is 1.87. The van der Waals surface area contributed by atoms with Crippen LogP contribution >= 0.6 is 0 Å². The lowest BCUT2D eigenvalue weighted by molar-refractivity contribution is -0.146. The van der Waals surface area contributed by atoms with Crippen molar-refractivity contribution in [1.82, 2.24) is 5.32 Å². The van der Waals surface area contributed by atoms with Gasteiger partial charge in [-0.3, -0.25) is 4.79 Å². The molecule has 5 nitrogen and oxygen atoms in total. The first-order valence-electron chi connectivity index (χ1n) is 6.63. The average Bonchev–Trinajstić information content (AvgIpc) is 2.44. The van der Waals surface area contributed by atoms with Gasteiger partial charge in [-0.15, -0.1) is 0 Å². The molecule has 0 aliphatic heterocycles. The minimum Gasteiger partial charge on any atom is -0.467 e. The lowest BCUT2D eigenvalue weighted by Gasteiger charge is -2.21. The molecule has 1 amide bonds. The van der Waals surface area contributed by atoms with E-state index in [9.17, 15) is 9.59 Å². The first-order chi connectivity index (χ1) is 9.45. The number of nitrogens with two attached hydrogens (primary N) is 1. The van der Waals surface area contributed by atoms with Crippen molar-refractivity contribution in [2.75, 3.05) is 7.11 Å². The molecule has 20 heavy (non-hydrogen) atoms. The highest BCUT2D eigenvalue weighted by Crippen LogP contribution is 2.13. The molecule has 0 aliphatic carbocycles. The SMILES string of the molecule is COC(=O)[C@@H](NC(=O)CC(N)c1ccccc1)C(C)C.